The van der Waals surface area contributed by atoms with Crippen LogP contribution in [-0.4, -0.2) is 48.5 Å². The predicted molar refractivity (Wildman–Crippen MR) is 136 cm³/mol. The number of aromatic nitrogens is 2. The Morgan fingerprint density at radius 3 is 2.44 bits per heavy atom. The minimum atomic E-state index is -4.30. The molecule has 0 aliphatic rings. The van der Waals surface area contributed by atoms with E-state index >= 15 is 0 Å². The van der Waals surface area contributed by atoms with Crippen LogP contribution in [0.1, 0.15) is 10.4 Å². The molecule has 2 aromatic heterocycles. The molecule has 0 saturated carbocycles. The molecule has 13 heteroatoms. The fourth-order valence-electron chi connectivity index (χ4n) is 3.53. The van der Waals surface area contributed by atoms with Crippen molar-refractivity contribution in [2.75, 3.05) is 18.0 Å². The van der Waals surface area contributed by atoms with E-state index in [-0.39, 0.29) is 26.5 Å². The largest absolute Gasteiger partial charge is 0.480 e. The summed E-state index contributed by atoms with van der Waals surface area (Å²) in [5.74, 6) is -1.03. The fraction of sp³-hybridized carbons (Fsp3) is 0.0870. The molecule has 4 rings (SSSR count). The van der Waals surface area contributed by atoms with Crippen molar-refractivity contribution in [3.63, 3.8) is 0 Å². The summed E-state index contributed by atoms with van der Waals surface area (Å²) in [6.07, 6.45) is 3.24. The number of pyridine rings is 1. The number of anilines is 1. The summed E-state index contributed by atoms with van der Waals surface area (Å²) in [4.78, 5) is 27.3. The Balaban J connectivity index is 1.78. The lowest BCUT2D eigenvalue weighted by Gasteiger charge is -2.24. The van der Waals surface area contributed by atoms with E-state index in [9.17, 15) is 18.0 Å². The number of carbonyl (C=O) groups excluding carboxylic acids is 1. The van der Waals surface area contributed by atoms with E-state index in [0.29, 0.717) is 22.3 Å². The molecule has 0 radical (unpaired) electrons. The fourth-order valence-corrected chi connectivity index (χ4v) is 5.57. The average molecular weight is 548 g/mol. The maximum atomic E-state index is 13.4. The summed E-state index contributed by atoms with van der Waals surface area (Å²) >= 11 is 12.0. The Labute approximate surface area is 216 Å². The average Bonchev–Trinajstić information content (AvgIpc) is 3.26. The maximum absolute atomic E-state index is 13.4. The topological polar surface area (TPSA) is 134 Å². The molecule has 0 bridgehead atoms. The molecule has 4 aromatic rings. The highest BCUT2D eigenvalue weighted by Gasteiger charge is 2.27. The molecule has 3 N–H and O–H groups in total. The number of aliphatic carboxylic acids is 1. The number of amides is 1. The van der Waals surface area contributed by atoms with E-state index in [1.54, 1.807) is 41.1 Å². The highest BCUT2D eigenvalue weighted by Crippen LogP contribution is 2.30. The molecule has 0 atom stereocenters. The number of hydrazine groups is 1. The van der Waals surface area contributed by atoms with Crippen LogP contribution in [0, 0.1) is 0 Å². The van der Waals surface area contributed by atoms with E-state index in [2.05, 4.69) is 15.7 Å². The number of halogens is 2. The second-order valence-corrected chi connectivity index (χ2v) is 10.2. The second kappa shape index (κ2) is 10.2. The molecule has 1 amide bonds. The third kappa shape index (κ3) is 5.14. The maximum Gasteiger partial charge on any atom is 0.319 e. The highest BCUT2D eigenvalue weighted by molar-refractivity contribution is 7.92. The van der Waals surface area contributed by atoms with Gasteiger partial charge in [0.15, 0.2) is 0 Å². The van der Waals surface area contributed by atoms with Crippen LogP contribution in [0.3, 0.4) is 0 Å². The number of fused-ring (bicyclic) bond motifs is 1. The van der Waals surface area contributed by atoms with Gasteiger partial charge in [-0.1, -0.05) is 23.2 Å². The molecule has 0 aliphatic carbocycles. The number of benzene rings is 2. The van der Waals surface area contributed by atoms with Gasteiger partial charge in [0.05, 0.1) is 16.1 Å². The van der Waals surface area contributed by atoms with Crippen molar-refractivity contribution in [2.24, 2.45) is 0 Å². The van der Waals surface area contributed by atoms with E-state index in [4.69, 9.17) is 28.3 Å². The number of carboxylic acid groups (broad SMARTS) is 1. The van der Waals surface area contributed by atoms with Crippen LogP contribution in [0.15, 0.2) is 71.9 Å². The zero-order valence-corrected chi connectivity index (χ0v) is 21.0. The third-order valence-corrected chi connectivity index (χ3v) is 7.23. The number of carbonyl (C=O) groups is 2. The van der Waals surface area contributed by atoms with Crippen LogP contribution in [0.25, 0.3) is 16.7 Å². The SMILES string of the molecule is CNC(=O)c1ccnc(-n2ccc3cc(N(NCC(=O)O)S(=O)(=O)c4cc(Cl)cc(Cl)c4)ccc32)c1. The predicted octanol–water partition coefficient (Wildman–Crippen LogP) is 3.48. The van der Waals surface area contributed by atoms with Crippen LogP contribution in [-0.2, 0) is 14.8 Å². The lowest BCUT2D eigenvalue weighted by molar-refractivity contribution is -0.135. The monoisotopic (exact) mass is 547 g/mol. The Kier molecular flexibility index (Phi) is 7.18. The zero-order chi connectivity index (χ0) is 26.0. The first-order valence-corrected chi connectivity index (χ1v) is 12.6. The number of nitrogens with one attached hydrogen (secondary N) is 2. The van der Waals surface area contributed by atoms with Gasteiger partial charge in [0.25, 0.3) is 15.9 Å². The quantitative estimate of drug-likeness (QED) is 0.287. The summed E-state index contributed by atoms with van der Waals surface area (Å²) in [6, 6.07) is 13.5. The minimum Gasteiger partial charge on any atom is -0.480 e. The lowest BCUT2D eigenvalue weighted by atomic mass is 10.2. The molecule has 0 fully saturated rings. The van der Waals surface area contributed by atoms with Gasteiger partial charge >= 0.3 is 5.97 Å². The summed E-state index contributed by atoms with van der Waals surface area (Å²) < 4.78 is 29.4. The van der Waals surface area contributed by atoms with Crippen LogP contribution < -0.4 is 15.2 Å². The molecule has 36 heavy (non-hydrogen) atoms. The molecule has 2 heterocycles. The Hall–Kier alpha value is -3.64. The first-order valence-electron chi connectivity index (χ1n) is 10.4. The Bertz CT molecular complexity index is 1570. The summed E-state index contributed by atoms with van der Waals surface area (Å²) in [7, 11) is -2.77. The summed E-state index contributed by atoms with van der Waals surface area (Å²) in [5.41, 5.74) is 3.71. The summed E-state index contributed by atoms with van der Waals surface area (Å²) in [5, 5.41) is 12.6. The molecule has 2 aromatic carbocycles. The molecular formula is C23H19Cl2N5O5S. The Morgan fingerprint density at radius 1 is 1.06 bits per heavy atom. The highest BCUT2D eigenvalue weighted by atomic mass is 35.5. The number of hydrogen-bond acceptors (Lipinski definition) is 6. The number of nitrogens with zero attached hydrogens (tertiary/aromatic N) is 3. The van der Waals surface area contributed by atoms with E-state index in [1.165, 1.54) is 37.5 Å². The molecular weight excluding hydrogens is 529 g/mol. The van der Waals surface area contributed by atoms with Gasteiger partial charge in [0.2, 0.25) is 0 Å². The summed E-state index contributed by atoms with van der Waals surface area (Å²) in [6.45, 7) is -0.664. The zero-order valence-electron chi connectivity index (χ0n) is 18.6. The molecule has 10 nitrogen and oxygen atoms in total. The first kappa shape index (κ1) is 25.5. The third-order valence-electron chi connectivity index (χ3n) is 5.14. The van der Waals surface area contributed by atoms with Crippen LogP contribution >= 0.6 is 23.2 Å². The van der Waals surface area contributed by atoms with Gasteiger partial charge in [0, 0.05) is 40.4 Å². The lowest BCUT2D eigenvalue weighted by Crippen LogP contribution is -2.45. The molecule has 186 valence electrons. The van der Waals surface area contributed by atoms with E-state index in [1.807, 2.05) is 0 Å². The van der Waals surface area contributed by atoms with Crippen molar-refractivity contribution in [2.45, 2.75) is 4.90 Å². The first-order chi connectivity index (χ1) is 17.1. The normalized spacial score (nSPS) is 11.4. The number of sulfonamides is 1. The van der Waals surface area contributed by atoms with Crippen LogP contribution in [0.5, 0.6) is 0 Å². The van der Waals surface area contributed by atoms with Gasteiger partial charge in [-0.25, -0.2) is 10.4 Å². The smallest absolute Gasteiger partial charge is 0.319 e. The van der Waals surface area contributed by atoms with Gasteiger partial charge < -0.3 is 15.0 Å². The molecule has 0 spiro atoms. The standard InChI is InChI=1S/C23H19Cl2N5O5S/c1-26-23(33)15-4-6-27-21(9-15)29-7-5-14-8-18(2-3-20(14)29)30(28-13-22(31)32)36(34,35)19-11-16(24)10-17(25)12-19/h2-12,28H,13H2,1H3,(H,26,33)(H,31,32). The van der Waals surface area contributed by atoms with Crippen molar-refractivity contribution >= 4 is 61.7 Å². The molecule has 0 aliphatic heterocycles. The minimum absolute atomic E-state index is 0.110. The van der Waals surface area contributed by atoms with Gasteiger partial charge in [-0.3, -0.25) is 9.59 Å². The number of rotatable bonds is 8. The van der Waals surface area contributed by atoms with Crippen molar-refractivity contribution in [1.82, 2.24) is 20.3 Å². The van der Waals surface area contributed by atoms with Crippen LogP contribution in [0.2, 0.25) is 10.0 Å². The van der Waals surface area contributed by atoms with Gasteiger partial charge in [0.1, 0.15) is 12.4 Å². The van der Waals surface area contributed by atoms with E-state index in [0.717, 1.165) is 4.41 Å². The van der Waals surface area contributed by atoms with Crippen molar-refractivity contribution in [3.8, 4) is 5.82 Å². The van der Waals surface area contributed by atoms with Crippen molar-refractivity contribution in [3.05, 3.63) is 82.6 Å². The van der Waals surface area contributed by atoms with Gasteiger partial charge in [-0.15, -0.1) is 0 Å². The molecule has 0 unspecified atom stereocenters. The second-order valence-electron chi connectivity index (χ2n) is 7.51. The number of carboxylic acids is 1. The van der Waals surface area contributed by atoms with Crippen molar-refractivity contribution < 1.29 is 23.1 Å². The molecule has 0 saturated heterocycles. The number of hydrogen-bond donors (Lipinski definition) is 3. The van der Waals surface area contributed by atoms with Gasteiger partial charge in [-0.2, -0.15) is 12.8 Å². The Morgan fingerprint density at radius 2 is 1.78 bits per heavy atom. The van der Waals surface area contributed by atoms with Crippen LogP contribution in [0.4, 0.5) is 5.69 Å². The van der Waals surface area contributed by atoms with E-state index < -0.39 is 22.5 Å². The van der Waals surface area contributed by atoms with Gasteiger partial charge in [-0.05, 0) is 54.6 Å². The van der Waals surface area contributed by atoms with Crippen molar-refractivity contribution in [1.29, 1.82) is 0 Å².